The van der Waals surface area contributed by atoms with E-state index in [1.54, 1.807) is 0 Å². The van der Waals surface area contributed by atoms with Crippen LogP contribution in [0.4, 0.5) is 0 Å². The minimum atomic E-state index is -0.872. The number of aliphatic carboxylic acids is 1. The molecular weight excluding hydrogens is 454 g/mol. The molecule has 2 aliphatic heterocycles. The Morgan fingerprint density at radius 3 is 2.56 bits per heavy atom. The quantitative estimate of drug-likeness (QED) is 0.410. The van der Waals surface area contributed by atoms with E-state index in [9.17, 15) is 15.0 Å². The van der Waals surface area contributed by atoms with Crippen LogP contribution in [0.25, 0.3) is 0 Å². The van der Waals surface area contributed by atoms with Crippen molar-refractivity contribution in [1.82, 2.24) is 4.90 Å². The van der Waals surface area contributed by atoms with Crippen molar-refractivity contribution in [2.75, 3.05) is 14.1 Å². The molecule has 0 bridgehead atoms. The first-order valence-electron chi connectivity index (χ1n) is 13.6. The van der Waals surface area contributed by atoms with E-state index < -0.39 is 24.3 Å². The molecule has 202 valence electrons. The molecule has 0 aromatic heterocycles. The van der Waals surface area contributed by atoms with Gasteiger partial charge in [0.25, 0.3) is 0 Å². The van der Waals surface area contributed by atoms with Gasteiger partial charge >= 0.3 is 5.97 Å². The summed E-state index contributed by atoms with van der Waals surface area (Å²) < 4.78 is 12.3. The third-order valence-corrected chi connectivity index (χ3v) is 8.22. The number of nitrogens with zero attached hydrogens (tertiary/aromatic N) is 1. The molecule has 10 atom stereocenters. The Morgan fingerprint density at radius 1 is 1.22 bits per heavy atom. The highest BCUT2D eigenvalue weighted by Gasteiger charge is 2.44. The highest BCUT2D eigenvalue weighted by atomic mass is 16.5. The number of aliphatic hydroxyl groups excluding tert-OH is 1. The molecule has 0 spiro atoms. The largest absolute Gasteiger partial charge is 0.481 e. The molecule has 0 aromatic carbocycles. The van der Waals surface area contributed by atoms with Crippen LogP contribution in [0.2, 0.25) is 0 Å². The molecule has 2 N–H and O–H groups in total. The zero-order chi connectivity index (χ0) is 26.6. The third kappa shape index (κ3) is 7.41. The number of hydrogen-bond acceptors (Lipinski definition) is 5. The van der Waals surface area contributed by atoms with Crippen LogP contribution in [0.1, 0.15) is 60.3 Å². The second kappa shape index (κ2) is 12.7. The molecule has 1 saturated carbocycles. The molecular formula is C30H47NO5. The van der Waals surface area contributed by atoms with Crippen molar-refractivity contribution in [2.24, 2.45) is 23.7 Å². The maximum absolute atomic E-state index is 11.2. The van der Waals surface area contributed by atoms with Gasteiger partial charge in [-0.05, 0) is 82.0 Å². The van der Waals surface area contributed by atoms with Gasteiger partial charge in [-0.1, -0.05) is 57.2 Å². The van der Waals surface area contributed by atoms with Crippen LogP contribution in [0.5, 0.6) is 0 Å². The fourth-order valence-electron chi connectivity index (χ4n) is 5.74. The zero-order valence-corrected chi connectivity index (χ0v) is 23.1. The Morgan fingerprint density at radius 2 is 1.92 bits per heavy atom. The number of likely N-dealkylation sites (N-methyl/N-ethyl adjacent to an activating group) is 1. The van der Waals surface area contributed by atoms with Crippen molar-refractivity contribution >= 4 is 5.97 Å². The zero-order valence-electron chi connectivity index (χ0n) is 23.1. The van der Waals surface area contributed by atoms with E-state index >= 15 is 0 Å². The Bertz CT molecular complexity index is 875. The summed E-state index contributed by atoms with van der Waals surface area (Å²) in [5.74, 6) is 0.878. The number of carbonyl (C=O) groups is 1. The van der Waals surface area contributed by atoms with Gasteiger partial charge in [-0.3, -0.25) is 4.79 Å². The number of rotatable bonds is 10. The van der Waals surface area contributed by atoms with Crippen LogP contribution < -0.4 is 0 Å². The lowest BCUT2D eigenvalue weighted by Gasteiger charge is -2.41. The Balaban J connectivity index is 1.56. The molecule has 36 heavy (non-hydrogen) atoms. The van der Waals surface area contributed by atoms with Gasteiger partial charge in [0.2, 0.25) is 0 Å². The van der Waals surface area contributed by atoms with E-state index in [0.29, 0.717) is 30.1 Å². The van der Waals surface area contributed by atoms with Crippen LogP contribution in [-0.4, -0.2) is 71.7 Å². The lowest BCUT2D eigenvalue weighted by Crippen LogP contribution is -2.53. The van der Waals surface area contributed by atoms with E-state index in [0.717, 1.165) is 12.8 Å². The van der Waals surface area contributed by atoms with Gasteiger partial charge in [-0.15, -0.1) is 0 Å². The third-order valence-electron chi connectivity index (χ3n) is 8.22. The first-order chi connectivity index (χ1) is 17.0. The summed E-state index contributed by atoms with van der Waals surface area (Å²) >= 11 is 0. The number of carboxylic acid groups (broad SMARTS) is 1. The smallest absolute Gasteiger partial charge is 0.305 e. The van der Waals surface area contributed by atoms with Gasteiger partial charge in [-0.2, -0.15) is 0 Å². The molecule has 0 unspecified atom stereocenters. The summed E-state index contributed by atoms with van der Waals surface area (Å²) in [6.45, 7) is 11.0. The molecule has 0 aromatic rings. The van der Waals surface area contributed by atoms with Crippen LogP contribution >= 0.6 is 0 Å². The van der Waals surface area contributed by atoms with E-state index in [4.69, 9.17) is 9.47 Å². The van der Waals surface area contributed by atoms with Gasteiger partial charge in [0.15, 0.2) is 0 Å². The minimum Gasteiger partial charge on any atom is -0.481 e. The highest BCUT2D eigenvalue weighted by Crippen LogP contribution is 2.48. The number of hydrogen-bond donors (Lipinski definition) is 2. The summed E-state index contributed by atoms with van der Waals surface area (Å²) in [4.78, 5) is 13.2. The second-order valence-electron chi connectivity index (χ2n) is 11.3. The van der Waals surface area contributed by atoms with E-state index in [-0.39, 0.29) is 24.7 Å². The summed E-state index contributed by atoms with van der Waals surface area (Å²) in [7, 11) is 3.83. The first-order valence-corrected chi connectivity index (χ1v) is 13.6. The molecule has 2 fully saturated rings. The van der Waals surface area contributed by atoms with Crippen molar-refractivity contribution in [3.8, 4) is 0 Å². The Labute approximate surface area is 217 Å². The topological polar surface area (TPSA) is 79.2 Å². The Kier molecular flexibility index (Phi) is 10.2. The summed E-state index contributed by atoms with van der Waals surface area (Å²) in [5, 5.41) is 20.0. The molecule has 1 saturated heterocycles. The van der Waals surface area contributed by atoms with Crippen molar-refractivity contribution in [3.63, 3.8) is 0 Å². The molecule has 1 aliphatic carbocycles. The summed E-state index contributed by atoms with van der Waals surface area (Å²) in [5.41, 5.74) is 2.64. The van der Waals surface area contributed by atoms with Gasteiger partial charge in [-0.25, -0.2) is 0 Å². The van der Waals surface area contributed by atoms with Crippen LogP contribution in [-0.2, 0) is 14.3 Å². The van der Waals surface area contributed by atoms with Crippen LogP contribution in [0, 0.1) is 23.7 Å². The maximum Gasteiger partial charge on any atom is 0.305 e. The van der Waals surface area contributed by atoms with E-state index in [2.05, 4.69) is 65.0 Å². The van der Waals surface area contributed by atoms with Crippen molar-refractivity contribution in [1.29, 1.82) is 0 Å². The Hall–Kier alpha value is -1.73. The lowest BCUT2D eigenvalue weighted by atomic mass is 9.92. The number of aliphatic hydroxyl groups is 1. The molecule has 6 heteroatoms. The number of ether oxygens (including phenoxy) is 2. The van der Waals surface area contributed by atoms with E-state index in [1.165, 1.54) is 11.1 Å². The van der Waals surface area contributed by atoms with Gasteiger partial charge in [0.1, 0.15) is 6.10 Å². The predicted octanol–water partition coefficient (Wildman–Crippen LogP) is 5.00. The molecule has 3 rings (SSSR count). The van der Waals surface area contributed by atoms with Crippen molar-refractivity contribution in [3.05, 3.63) is 47.6 Å². The average Bonchev–Trinajstić information content (AvgIpc) is 3.44. The SMILES string of the molecule is CC[C@H]1O[C@@H](/C(C)=C/[C@H](C)/C=C/[C@H]2[C@@H](C)[C@H]2/C=C/[C@@H]2O[C@H](CC(=O)O)C[C@H](N(C)C)[C@H]2O)CC=C1C. The molecule has 0 amide bonds. The lowest BCUT2D eigenvalue weighted by molar-refractivity contribution is -0.153. The number of carboxylic acids is 1. The second-order valence-corrected chi connectivity index (χ2v) is 11.3. The highest BCUT2D eigenvalue weighted by molar-refractivity contribution is 5.67. The van der Waals surface area contributed by atoms with Gasteiger partial charge < -0.3 is 24.6 Å². The summed E-state index contributed by atoms with van der Waals surface area (Å²) in [6.07, 6.45) is 14.6. The normalized spacial score (nSPS) is 38.5. The van der Waals surface area contributed by atoms with Gasteiger partial charge in [0.05, 0.1) is 30.8 Å². The van der Waals surface area contributed by atoms with Gasteiger partial charge in [0, 0.05) is 6.04 Å². The fourth-order valence-corrected chi connectivity index (χ4v) is 5.74. The van der Waals surface area contributed by atoms with Crippen molar-refractivity contribution < 1.29 is 24.5 Å². The molecule has 2 heterocycles. The molecule has 0 radical (unpaired) electrons. The number of allylic oxidation sites excluding steroid dienone is 4. The van der Waals surface area contributed by atoms with Crippen molar-refractivity contribution in [2.45, 2.75) is 96.9 Å². The predicted molar refractivity (Wildman–Crippen MR) is 144 cm³/mol. The fraction of sp³-hybridized carbons (Fsp3) is 0.700. The minimum absolute atomic E-state index is 0.0433. The maximum atomic E-state index is 11.2. The standard InChI is InChI=1S/C30H47NO5/c1-8-26-19(3)10-13-27(36-26)20(4)15-18(2)9-11-23-21(5)24(23)12-14-28-30(34)25(31(6)7)16-22(35-28)17-29(32)33/h9-12,14-15,18,21-28,30,34H,8,13,16-17H2,1-7H3,(H,32,33)/b11-9+,14-12+,20-15+/t18-,21-,22+,23+,24-,25+,26-,27-,28+,30-/m1/s1. The first kappa shape index (κ1) is 28.8. The molecule has 6 nitrogen and oxygen atoms in total. The summed E-state index contributed by atoms with van der Waals surface area (Å²) in [6, 6.07) is -0.124. The monoisotopic (exact) mass is 501 g/mol. The molecule has 3 aliphatic rings. The van der Waals surface area contributed by atoms with Crippen LogP contribution in [0.3, 0.4) is 0 Å². The average molecular weight is 502 g/mol. The van der Waals surface area contributed by atoms with Crippen LogP contribution in [0.15, 0.2) is 47.6 Å². The van der Waals surface area contributed by atoms with E-state index in [1.807, 2.05) is 25.1 Å².